The summed E-state index contributed by atoms with van der Waals surface area (Å²) < 4.78 is 7.26. The summed E-state index contributed by atoms with van der Waals surface area (Å²) in [5.74, 6) is 1.90. The first-order chi connectivity index (χ1) is 31.3. The normalized spacial score (nSPS) is 11.8. The van der Waals surface area contributed by atoms with Gasteiger partial charge in [0.2, 0.25) is 0 Å². The van der Waals surface area contributed by atoms with E-state index in [2.05, 4.69) is 171 Å². The average Bonchev–Trinajstić information content (AvgIpc) is 4.00. The molecule has 4 heterocycles. The lowest BCUT2D eigenvalue weighted by Gasteiger charge is -2.12. The highest BCUT2D eigenvalue weighted by Gasteiger charge is 2.23. The van der Waals surface area contributed by atoms with Crippen molar-refractivity contribution in [3.63, 3.8) is 0 Å². The van der Waals surface area contributed by atoms with Crippen molar-refractivity contribution >= 4 is 65.4 Å². The van der Waals surface area contributed by atoms with Gasteiger partial charge in [0.05, 0.1) is 33.1 Å². The van der Waals surface area contributed by atoms with Gasteiger partial charge < -0.3 is 13.7 Å². The monoisotopic (exact) mass is 804 g/mol. The highest BCUT2D eigenvalue weighted by atomic mass is 15.0. The molecule has 6 nitrogen and oxygen atoms in total. The van der Waals surface area contributed by atoms with Gasteiger partial charge in [-0.05, 0) is 60.7 Å². The highest BCUT2D eigenvalue weighted by Crippen LogP contribution is 2.44. The van der Waals surface area contributed by atoms with Gasteiger partial charge in [-0.25, -0.2) is 15.0 Å². The molecule has 0 unspecified atom stereocenters. The Kier molecular flexibility index (Phi) is 7.80. The zero-order valence-corrected chi connectivity index (χ0v) is 34.0. The number of benzene rings is 9. The molecule has 294 valence electrons. The van der Waals surface area contributed by atoms with Crippen molar-refractivity contribution in [2.24, 2.45) is 0 Å². The number of hydrogen-bond acceptors (Lipinski definition) is 3. The number of nitrogens with zero attached hydrogens (tertiary/aromatic N) is 6. The molecule has 0 aliphatic rings. The molecule has 6 heteroatoms. The number of rotatable bonds is 6. The second kappa shape index (κ2) is 14.0. The van der Waals surface area contributed by atoms with Crippen molar-refractivity contribution in [1.29, 1.82) is 0 Å². The number of hydrogen-bond donors (Lipinski definition) is 0. The van der Waals surface area contributed by atoms with Gasteiger partial charge in [-0.3, -0.25) is 0 Å². The Labute approximate surface area is 362 Å². The molecule has 0 amide bonds. The van der Waals surface area contributed by atoms with Gasteiger partial charge in [0, 0.05) is 66.1 Å². The maximum Gasteiger partial charge on any atom is 0.164 e. The van der Waals surface area contributed by atoms with Gasteiger partial charge in [-0.15, -0.1) is 0 Å². The Balaban J connectivity index is 1.08. The molecule has 9 aromatic carbocycles. The summed E-state index contributed by atoms with van der Waals surface area (Å²) in [5, 5.41) is 7.20. The van der Waals surface area contributed by atoms with Crippen LogP contribution in [0.3, 0.4) is 0 Å². The summed E-state index contributed by atoms with van der Waals surface area (Å²) in [7, 11) is 0. The largest absolute Gasteiger partial charge is 0.309 e. The molecule has 0 aliphatic carbocycles. The second-order valence-corrected chi connectivity index (χ2v) is 16.0. The first-order valence-corrected chi connectivity index (χ1v) is 21.3. The van der Waals surface area contributed by atoms with Crippen molar-refractivity contribution in [2.75, 3.05) is 0 Å². The van der Waals surface area contributed by atoms with E-state index in [4.69, 9.17) is 15.0 Å². The van der Waals surface area contributed by atoms with E-state index in [1.54, 1.807) is 0 Å². The Morgan fingerprint density at radius 3 is 1.35 bits per heavy atom. The van der Waals surface area contributed by atoms with E-state index in [1.807, 2.05) is 60.7 Å². The van der Waals surface area contributed by atoms with Crippen molar-refractivity contribution in [3.05, 3.63) is 218 Å². The number of fused-ring (bicyclic) bond motifs is 10. The summed E-state index contributed by atoms with van der Waals surface area (Å²) in [6.45, 7) is 0. The van der Waals surface area contributed by atoms with Crippen LogP contribution in [0, 0.1) is 0 Å². The molecule has 0 atom stereocenters. The number of aromatic nitrogens is 6. The predicted molar refractivity (Wildman–Crippen MR) is 259 cm³/mol. The fourth-order valence-electron chi connectivity index (χ4n) is 9.71. The molecule has 13 rings (SSSR count). The van der Waals surface area contributed by atoms with Crippen LogP contribution >= 0.6 is 0 Å². The van der Waals surface area contributed by atoms with Gasteiger partial charge in [-0.1, -0.05) is 158 Å². The summed E-state index contributed by atoms with van der Waals surface area (Å²) in [5.41, 5.74) is 13.0. The molecular weight excluding hydrogens is 769 g/mol. The molecule has 13 aromatic rings. The topological polar surface area (TPSA) is 53.5 Å². The Hall–Kier alpha value is -8.61. The fraction of sp³-hybridized carbons (Fsp3) is 0. The molecule has 0 saturated carbocycles. The molecule has 0 bridgehead atoms. The maximum absolute atomic E-state index is 5.11. The lowest BCUT2D eigenvalue weighted by atomic mass is 10.1. The smallest absolute Gasteiger partial charge is 0.164 e. The lowest BCUT2D eigenvalue weighted by Crippen LogP contribution is -2.00. The van der Waals surface area contributed by atoms with E-state index in [0.717, 1.165) is 61.2 Å². The third-order valence-electron chi connectivity index (χ3n) is 12.5. The van der Waals surface area contributed by atoms with E-state index in [1.165, 1.54) is 38.0 Å². The van der Waals surface area contributed by atoms with Crippen LogP contribution in [0.2, 0.25) is 0 Å². The van der Waals surface area contributed by atoms with Crippen LogP contribution in [0.25, 0.3) is 117 Å². The van der Waals surface area contributed by atoms with Crippen LogP contribution in [0.15, 0.2) is 218 Å². The predicted octanol–water partition coefficient (Wildman–Crippen LogP) is 14.2. The quantitative estimate of drug-likeness (QED) is 0.168. The fourth-order valence-corrected chi connectivity index (χ4v) is 9.71. The first-order valence-electron chi connectivity index (χ1n) is 21.3. The van der Waals surface area contributed by atoms with E-state index in [0.29, 0.717) is 17.5 Å². The summed E-state index contributed by atoms with van der Waals surface area (Å²) in [4.78, 5) is 15.2. The van der Waals surface area contributed by atoms with Crippen molar-refractivity contribution < 1.29 is 0 Å². The zero-order chi connectivity index (χ0) is 41.4. The van der Waals surface area contributed by atoms with Crippen LogP contribution in [-0.2, 0) is 0 Å². The first kappa shape index (κ1) is 35.2. The zero-order valence-electron chi connectivity index (χ0n) is 34.0. The minimum Gasteiger partial charge on any atom is -0.309 e. The van der Waals surface area contributed by atoms with Gasteiger partial charge >= 0.3 is 0 Å². The van der Waals surface area contributed by atoms with Gasteiger partial charge in [0.1, 0.15) is 0 Å². The summed E-state index contributed by atoms with van der Waals surface area (Å²) >= 11 is 0. The molecule has 0 saturated heterocycles. The van der Waals surface area contributed by atoms with E-state index in [-0.39, 0.29) is 0 Å². The molecule has 0 N–H and O–H groups in total. The van der Waals surface area contributed by atoms with E-state index >= 15 is 0 Å². The molecule has 63 heavy (non-hydrogen) atoms. The van der Waals surface area contributed by atoms with Gasteiger partial charge in [0.25, 0.3) is 0 Å². The average molecular weight is 805 g/mol. The SMILES string of the molecule is c1ccc(-c2nc(-c3ccccc3)nc(-c3ccc4c5ccc6c(c7ccccc7n6-c6ccc7c8ccccc8n(-c8ccccc8)c7c6)c5n(-c5ccccc5)c4c3)n2)cc1. The van der Waals surface area contributed by atoms with E-state index < -0.39 is 0 Å². The number of para-hydroxylation sites is 4. The van der Waals surface area contributed by atoms with Crippen LogP contribution < -0.4 is 0 Å². The summed E-state index contributed by atoms with van der Waals surface area (Å²) in [6, 6.07) is 77.4. The van der Waals surface area contributed by atoms with Gasteiger partial charge in [-0.2, -0.15) is 0 Å². The minimum absolute atomic E-state index is 0.625. The Morgan fingerprint density at radius 2 is 0.698 bits per heavy atom. The standard InChI is InChI=1S/C57H36N6/c1-5-17-37(18-6-1)55-58-56(38-19-7-2-8-20-38)60-57(59-55)39-29-31-45-46-33-34-50-53(54(46)63(51(45)35-39)41-23-11-4-12-24-41)47-26-14-16-28-49(47)62(50)42-30-32-44-43-25-13-15-27-48(43)61(52(44)36-42)40-21-9-3-10-22-40/h1-36H. The molecule has 4 aromatic heterocycles. The van der Waals surface area contributed by atoms with Crippen molar-refractivity contribution in [1.82, 2.24) is 28.7 Å². The van der Waals surface area contributed by atoms with Crippen LogP contribution in [0.1, 0.15) is 0 Å². The van der Waals surface area contributed by atoms with E-state index in [9.17, 15) is 0 Å². The third kappa shape index (κ3) is 5.48. The molecule has 0 aliphatic heterocycles. The minimum atomic E-state index is 0.625. The van der Waals surface area contributed by atoms with Crippen molar-refractivity contribution in [2.45, 2.75) is 0 Å². The van der Waals surface area contributed by atoms with Crippen LogP contribution in [-0.4, -0.2) is 28.7 Å². The van der Waals surface area contributed by atoms with Gasteiger partial charge in [0.15, 0.2) is 17.5 Å². The maximum atomic E-state index is 5.11. The van der Waals surface area contributed by atoms with Crippen molar-refractivity contribution in [3.8, 4) is 51.2 Å². The van der Waals surface area contributed by atoms with Crippen LogP contribution in [0.4, 0.5) is 0 Å². The lowest BCUT2D eigenvalue weighted by molar-refractivity contribution is 1.07. The third-order valence-corrected chi connectivity index (χ3v) is 12.5. The molecular formula is C57H36N6. The second-order valence-electron chi connectivity index (χ2n) is 16.0. The molecule has 0 spiro atoms. The Bertz CT molecular complexity index is 3830. The summed E-state index contributed by atoms with van der Waals surface area (Å²) in [6.07, 6.45) is 0. The Morgan fingerprint density at radius 1 is 0.254 bits per heavy atom. The molecule has 0 fully saturated rings. The molecule has 0 radical (unpaired) electrons. The van der Waals surface area contributed by atoms with Crippen LogP contribution in [0.5, 0.6) is 0 Å². The highest BCUT2D eigenvalue weighted by molar-refractivity contribution is 6.26.